The minimum atomic E-state index is -1.82. The summed E-state index contributed by atoms with van der Waals surface area (Å²) in [6.45, 7) is 11.5. The highest BCUT2D eigenvalue weighted by Gasteiger charge is 2.37. The van der Waals surface area contributed by atoms with Crippen LogP contribution in [0.5, 0.6) is 0 Å². The number of ether oxygens (including phenoxy) is 1. The van der Waals surface area contributed by atoms with E-state index >= 15 is 0 Å². The maximum Gasteiger partial charge on any atom is 0.330 e. The molecule has 130 valence electrons. The first kappa shape index (κ1) is 18.4. The second kappa shape index (κ2) is 6.90. The molecule has 6 heteroatoms. The quantitative estimate of drug-likeness (QED) is 0.451. The van der Waals surface area contributed by atoms with Crippen molar-refractivity contribution in [3.05, 3.63) is 35.7 Å². The highest BCUT2D eigenvalue weighted by molar-refractivity contribution is 6.74. The highest BCUT2D eigenvalue weighted by atomic mass is 28.4. The van der Waals surface area contributed by atoms with Gasteiger partial charge in [0.25, 0.3) is 0 Å². The van der Waals surface area contributed by atoms with Gasteiger partial charge in [-0.2, -0.15) is 0 Å². The summed E-state index contributed by atoms with van der Waals surface area (Å²) in [5.41, 5.74) is 2.23. The maximum atomic E-state index is 11.1. The van der Waals surface area contributed by atoms with Gasteiger partial charge in [0.2, 0.25) is 0 Å². The zero-order valence-electron chi connectivity index (χ0n) is 15.2. The second-order valence-electron chi connectivity index (χ2n) is 7.27. The van der Waals surface area contributed by atoms with Crippen LogP contribution in [-0.2, 0) is 20.6 Å². The predicted octanol–water partition coefficient (Wildman–Crippen LogP) is 4.54. The van der Waals surface area contributed by atoms with Crippen LogP contribution in [0.4, 0.5) is 0 Å². The topological polar surface area (TPSA) is 61.6 Å². The number of aromatic nitrogens is 1. The first-order valence-electron chi connectivity index (χ1n) is 7.91. The first-order chi connectivity index (χ1) is 11.1. The summed E-state index contributed by atoms with van der Waals surface area (Å²) in [6.07, 6.45) is 4.69. The fourth-order valence-corrected chi connectivity index (χ4v) is 2.78. The molecule has 0 aromatic carbocycles. The second-order valence-corrected chi connectivity index (χ2v) is 12.1. The Morgan fingerprint density at radius 2 is 2.04 bits per heavy atom. The predicted molar refractivity (Wildman–Crippen MR) is 97.0 cm³/mol. The van der Waals surface area contributed by atoms with E-state index in [0.29, 0.717) is 12.2 Å². The van der Waals surface area contributed by atoms with Gasteiger partial charge in [0.15, 0.2) is 13.9 Å². The molecule has 0 aliphatic heterocycles. The van der Waals surface area contributed by atoms with Gasteiger partial charge < -0.3 is 13.6 Å². The lowest BCUT2D eigenvalue weighted by Gasteiger charge is -2.35. The van der Waals surface area contributed by atoms with Crippen molar-refractivity contribution in [2.45, 2.75) is 45.5 Å². The number of nitrogens with zero attached hydrogens (tertiary/aromatic N) is 1. The van der Waals surface area contributed by atoms with E-state index in [1.165, 1.54) is 13.2 Å². The molecule has 0 N–H and O–H groups in total. The number of carbonyl (C=O) groups excluding carboxylic acids is 1. The molecule has 0 amide bonds. The third-order valence-electron chi connectivity index (χ3n) is 4.44. The fourth-order valence-electron chi connectivity index (χ4n) is 1.85. The molecule has 2 aromatic rings. The molecule has 2 rings (SSSR count). The van der Waals surface area contributed by atoms with Crippen LogP contribution in [0.3, 0.4) is 0 Å². The van der Waals surface area contributed by atoms with Crippen LogP contribution in [0.25, 0.3) is 17.2 Å². The zero-order valence-corrected chi connectivity index (χ0v) is 16.2. The van der Waals surface area contributed by atoms with Gasteiger partial charge in [0.05, 0.1) is 13.7 Å². The van der Waals surface area contributed by atoms with Crippen molar-refractivity contribution >= 4 is 31.5 Å². The van der Waals surface area contributed by atoms with Crippen molar-refractivity contribution < 1.29 is 18.4 Å². The zero-order chi connectivity index (χ0) is 18.0. The van der Waals surface area contributed by atoms with Crippen molar-refractivity contribution in [1.82, 2.24) is 4.98 Å². The van der Waals surface area contributed by atoms with Crippen LogP contribution in [0.15, 0.2) is 28.8 Å². The van der Waals surface area contributed by atoms with Crippen LogP contribution in [0.1, 0.15) is 32.1 Å². The lowest BCUT2D eigenvalue weighted by Crippen LogP contribution is -2.40. The molecule has 0 aliphatic carbocycles. The van der Waals surface area contributed by atoms with Crippen molar-refractivity contribution in [3.8, 4) is 0 Å². The summed E-state index contributed by atoms with van der Waals surface area (Å²) < 4.78 is 16.6. The monoisotopic (exact) mass is 347 g/mol. The van der Waals surface area contributed by atoms with Crippen LogP contribution in [0.2, 0.25) is 18.1 Å². The molecule has 0 unspecified atom stereocenters. The van der Waals surface area contributed by atoms with Gasteiger partial charge in [0, 0.05) is 18.3 Å². The van der Waals surface area contributed by atoms with Crippen LogP contribution in [-0.4, -0.2) is 26.4 Å². The highest BCUT2D eigenvalue weighted by Crippen LogP contribution is 2.37. The minimum Gasteiger partial charge on any atom is -0.466 e. The minimum absolute atomic E-state index is 0.156. The molecule has 2 heterocycles. The Bertz CT molecular complexity index is 756. The average molecular weight is 347 g/mol. The van der Waals surface area contributed by atoms with Gasteiger partial charge in [-0.05, 0) is 35.8 Å². The van der Waals surface area contributed by atoms with Crippen LogP contribution >= 0.6 is 0 Å². The summed E-state index contributed by atoms with van der Waals surface area (Å²) >= 11 is 0. The molecule has 0 saturated carbocycles. The van der Waals surface area contributed by atoms with Gasteiger partial charge in [0.1, 0.15) is 11.3 Å². The van der Waals surface area contributed by atoms with Gasteiger partial charge in [-0.1, -0.05) is 20.8 Å². The van der Waals surface area contributed by atoms with E-state index in [2.05, 4.69) is 43.6 Å². The summed E-state index contributed by atoms with van der Waals surface area (Å²) in [5.74, 6) is 0.356. The third-order valence-corrected chi connectivity index (χ3v) is 8.91. The Kier molecular flexibility index (Phi) is 5.30. The van der Waals surface area contributed by atoms with Gasteiger partial charge >= 0.3 is 5.97 Å². The van der Waals surface area contributed by atoms with Crippen LogP contribution in [0, 0.1) is 0 Å². The lowest BCUT2D eigenvalue weighted by atomic mass is 10.2. The number of furan rings is 1. The Hall–Kier alpha value is -1.92. The summed E-state index contributed by atoms with van der Waals surface area (Å²) in [7, 11) is -0.477. The summed E-state index contributed by atoms with van der Waals surface area (Å²) in [4.78, 5) is 15.5. The van der Waals surface area contributed by atoms with E-state index < -0.39 is 14.3 Å². The SMILES string of the molecule is COC(=O)/C=C/c1cnc2cc(CO[Si](C)(C)C(C)(C)C)oc2c1. The largest absolute Gasteiger partial charge is 0.466 e. The third kappa shape index (κ3) is 4.33. The summed E-state index contributed by atoms with van der Waals surface area (Å²) in [6, 6.07) is 3.74. The molecular weight excluding hydrogens is 322 g/mol. The average Bonchev–Trinajstić information content (AvgIpc) is 2.91. The molecule has 0 spiro atoms. The molecule has 5 nitrogen and oxygen atoms in total. The van der Waals surface area contributed by atoms with Gasteiger partial charge in [-0.3, -0.25) is 4.98 Å². The molecule has 0 fully saturated rings. The number of hydrogen-bond acceptors (Lipinski definition) is 5. The van der Waals surface area contributed by atoms with E-state index in [4.69, 9.17) is 8.84 Å². The molecule has 2 aromatic heterocycles. The Balaban J connectivity index is 2.14. The Morgan fingerprint density at radius 3 is 2.67 bits per heavy atom. The number of hydrogen-bond donors (Lipinski definition) is 0. The molecule has 0 aliphatic rings. The van der Waals surface area contributed by atoms with Gasteiger partial charge in [-0.25, -0.2) is 4.79 Å². The maximum absolute atomic E-state index is 11.1. The lowest BCUT2D eigenvalue weighted by molar-refractivity contribution is -0.134. The van der Waals surface area contributed by atoms with E-state index in [-0.39, 0.29) is 5.04 Å². The van der Waals surface area contributed by atoms with Gasteiger partial charge in [-0.15, -0.1) is 0 Å². The van der Waals surface area contributed by atoms with E-state index in [9.17, 15) is 4.79 Å². The first-order valence-corrected chi connectivity index (χ1v) is 10.8. The van der Waals surface area contributed by atoms with Crippen LogP contribution < -0.4 is 0 Å². The number of pyridine rings is 1. The number of carbonyl (C=O) groups is 1. The fraction of sp³-hybridized carbons (Fsp3) is 0.444. The standard InChI is InChI=1S/C18H25NO4Si/c1-18(2,3)24(5,6)22-12-14-10-15-16(23-14)9-13(11-19-15)7-8-17(20)21-4/h7-11H,12H2,1-6H3/b8-7+. The van der Waals surface area contributed by atoms with Crippen molar-refractivity contribution in [3.63, 3.8) is 0 Å². The number of rotatable bonds is 5. The van der Waals surface area contributed by atoms with Crippen molar-refractivity contribution in [2.75, 3.05) is 7.11 Å². The Morgan fingerprint density at radius 1 is 1.33 bits per heavy atom. The smallest absolute Gasteiger partial charge is 0.330 e. The normalized spacial score (nSPS) is 12.9. The summed E-state index contributed by atoms with van der Waals surface area (Å²) in [5, 5.41) is 0.156. The molecule has 24 heavy (non-hydrogen) atoms. The Labute approximate surface area is 143 Å². The molecule has 0 radical (unpaired) electrons. The van der Waals surface area contributed by atoms with E-state index in [1.807, 2.05) is 12.1 Å². The van der Waals surface area contributed by atoms with E-state index in [1.54, 1.807) is 12.3 Å². The number of fused-ring (bicyclic) bond motifs is 1. The van der Waals surface area contributed by atoms with Crippen molar-refractivity contribution in [1.29, 1.82) is 0 Å². The molecular formula is C18H25NO4Si. The molecule has 0 saturated heterocycles. The number of esters is 1. The van der Waals surface area contributed by atoms with E-state index in [0.717, 1.165) is 16.8 Å². The van der Waals surface area contributed by atoms with Crippen molar-refractivity contribution in [2.24, 2.45) is 0 Å². The molecule has 0 atom stereocenters. The number of methoxy groups -OCH3 is 1. The molecule has 0 bridgehead atoms.